The number of carbonyl (C=O) groups is 1. The van der Waals surface area contributed by atoms with Crippen molar-refractivity contribution in [2.75, 3.05) is 7.11 Å². The van der Waals surface area contributed by atoms with Crippen molar-refractivity contribution in [3.05, 3.63) is 34.3 Å². The highest BCUT2D eigenvalue weighted by Crippen LogP contribution is 2.17. The molecular formula is C11H11ClN2O2. The maximum Gasteiger partial charge on any atom is 0.322 e. The number of carbonyl (C=O) groups excluding carboxylic acids is 1. The Bertz CT molecular complexity index is 440. The summed E-state index contributed by atoms with van der Waals surface area (Å²) in [5.74, 6) is -0.478. The molecule has 0 radical (unpaired) electrons. The van der Waals surface area contributed by atoms with E-state index in [9.17, 15) is 4.79 Å². The number of benzene rings is 1. The van der Waals surface area contributed by atoms with Gasteiger partial charge in [0.25, 0.3) is 0 Å². The molecule has 0 aromatic heterocycles. The van der Waals surface area contributed by atoms with Crippen molar-refractivity contribution >= 4 is 17.6 Å². The van der Waals surface area contributed by atoms with Gasteiger partial charge in [-0.2, -0.15) is 5.26 Å². The van der Waals surface area contributed by atoms with Crippen LogP contribution >= 0.6 is 11.6 Å². The standard InChI is InChI=1S/C11H11ClN2O2/c1-16-11(15)10(14)5-7-2-3-9(12)8(4-7)6-13/h2-4,10H,5,14H2,1H3/t10-/m0/s1. The van der Waals surface area contributed by atoms with Crippen LogP contribution in [0.4, 0.5) is 0 Å². The van der Waals surface area contributed by atoms with Crippen molar-refractivity contribution in [2.24, 2.45) is 5.73 Å². The van der Waals surface area contributed by atoms with Crippen molar-refractivity contribution in [3.63, 3.8) is 0 Å². The summed E-state index contributed by atoms with van der Waals surface area (Å²) in [4.78, 5) is 11.1. The maximum atomic E-state index is 11.1. The van der Waals surface area contributed by atoms with Crippen LogP contribution in [0.2, 0.25) is 5.02 Å². The first-order chi connectivity index (χ1) is 7.58. The molecule has 0 saturated heterocycles. The molecule has 0 bridgehead atoms. The minimum absolute atomic E-state index is 0.318. The predicted octanol–water partition coefficient (Wildman–Crippen LogP) is 1.25. The van der Waals surface area contributed by atoms with E-state index in [0.717, 1.165) is 5.56 Å². The van der Waals surface area contributed by atoms with Crippen LogP contribution in [0.3, 0.4) is 0 Å². The molecule has 0 unspecified atom stereocenters. The van der Waals surface area contributed by atoms with E-state index in [4.69, 9.17) is 22.6 Å². The first-order valence-electron chi connectivity index (χ1n) is 4.60. The van der Waals surface area contributed by atoms with Crippen molar-refractivity contribution in [1.82, 2.24) is 0 Å². The average Bonchev–Trinajstić information content (AvgIpc) is 2.30. The number of nitrogens with zero attached hydrogens (tertiary/aromatic N) is 1. The van der Waals surface area contributed by atoms with Crippen molar-refractivity contribution in [1.29, 1.82) is 5.26 Å². The van der Waals surface area contributed by atoms with Gasteiger partial charge >= 0.3 is 5.97 Å². The van der Waals surface area contributed by atoms with Gasteiger partial charge in [-0.1, -0.05) is 17.7 Å². The Hall–Kier alpha value is -1.57. The number of nitrogens with two attached hydrogens (primary N) is 1. The Labute approximate surface area is 98.6 Å². The predicted molar refractivity (Wildman–Crippen MR) is 59.9 cm³/mol. The third-order valence-electron chi connectivity index (χ3n) is 2.11. The summed E-state index contributed by atoms with van der Waals surface area (Å²) < 4.78 is 4.51. The first kappa shape index (κ1) is 12.5. The number of esters is 1. The zero-order chi connectivity index (χ0) is 12.1. The summed E-state index contributed by atoms with van der Waals surface area (Å²) in [5.41, 5.74) is 6.75. The molecule has 0 aliphatic heterocycles. The van der Waals surface area contributed by atoms with Crippen LogP contribution in [-0.2, 0) is 16.0 Å². The van der Waals surface area contributed by atoms with Gasteiger partial charge in [0, 0.05) is 0 Å². The minimum Gasteiger partial charge on any atom is -0.468 e. The Kier molecular flexibility index (Phi) is 4.29. The Morgan fingerprint density at radius 2 is 2.38 bits per heavy atom. The lowest BCUT2D eigenvalue weighted by Gasteiger charge is -2.09. The molecule has 0 amide bonds. The highest BCUT2D eigenvalue weighted by molar-refractivity contribution is 6.31. The van der Waals surface area contributed by atoms with Crippen LogP contribution in [0.15, 0.2) is 18.2 Å². The van der Waals surface area contributed by atoms with Gasteiger partial charge in [-0.15, -0.1) is 0 Å². The Balaban J connectivity index is 2.83. The van der Waals surface area contributed by atoms with Crippen LogP contribution < -0.4 is 5.73 Å². The SMILES string of the molecule is COC(=O)[C@@H](N)Cc1ccc(Cl)c(C#N)c1. The zero-order valence-electron chi connectivity index (χ0n) is 8.74. The number of hydrogen-bond donors (Lipinski definition) is 1. The van der Waals surface area contributed by atoms with Crippen LogP contribution in [0, 0.1) is 11.3 Å². The van der Waals surface area contributed by atoms with Crippen LogP contribution in [-0.4, -0.2) is 19.1 Å². The van der Waals surface area contributed by atoms with Gasteiger partial charge < -0.3 is 10.5 Å². The fourth-order valence-corrected chi connectivity index (χ4v) is 1.43. The number of halogens is 1. The lowest BCUT2D eigenvalue weighted by molar-refractivity contribution is -0.142. The molecule has 1 aromatic carbocycles. The summed E-state index contributed by atoms with van der Waals surface area (Å²) in [6.07, 6.45) is 0.318. The van der Waals surface area contributed by atoms with E-state index in [0.29, 0.717) is 17.0 Å². The normalized spacial score (nSPS) is 11.6. The Morgan fingerprint density at radius 1 is 1.69 bits per heavy atom. The lowest BCUT2D eigenvalue weighted by Crippen LogP contribution is -2.33. The van der Waals surface area contributed by atoms with E-state index in [1.807, 2.05) is 6.07 Å². The van der Waals surface area contributed by atoms with Gasteiger partial charge in [0.05, 0.1) is 17.7 Å². The molecular weight excluding hydrogens is 228 g/mol. The molecule has 1 atom stereocenters. The van der Waals surface area contributed by atoms with Crippen molar-refractivity contribution < 1.29 is 9.53 Å². The summed E-state index contributed by atoms with van der Waals surface area (Å²) >= 11 is 5.78. The number of nitriles is 1. The smallest absolute Gasteiger partial charge is 0.322 e. The largest absolute Gasteiger partial charge is 0.468 e. The van der Waals surface area contributed by atoms with E-state index in [1.165, 1.54) is 7.11 Å². The summed E-state index contributed by atoms with van der Waals surface area (Å²) in [7, 11) is 1.28. The third kappa shape index (κ3) is 2.96. The molecule has 0 fully saturated rings. The highest BCUT2D eigenvalue weighted by atomic mass is 35.5. The van der Waals surface area contributed by atoms with E-state index in [-0.39, 0.29) is 0 Å². The summed E-state index contributed by atoms with van der Waals surface area (Å²) in [5, 5.41) is 9.16. The average molecular weight is 239 g/mol. The second-order valence-electron chi connectivity index (χ2n) is 3.26. The van der Waals surface area contributed by atoms with E-state index in [2.05, 4.69) is 4.74 Å². The van der Waals surface area contributed by atoms with E-state index >= 15 is 0 Å². The minimum atomic E-state index is -0.724. The van der Waals surface area contributed by atoms with Crippen LogP contribution in [0.25, 0.3) is 0 Å². The molecule has 1 rings (SSSR count). The van der Waals surface area contributed by atoms with Crippen molar-refractivity contribution in [2.45, 2.75) is 12.5 Å². The fourth-order valence-electron chi connectivity index (χ4n) is 1.27. The molecule has 16 heavy (non-hydrogen) atoms. The summed E-state index contributed by atoms with van der Waals surface area (Å²) in [6.45, 7) is 0. The van der Waals surface area contributed by atoms with Crippen LogP contribution in [0.1, 0.15) is 11.1 Å². The van der Waals surface area contributed by atoms with Gasteiger partial charge in [0.15, 0.2) is 0 Å². The van der Waals surface area contributed by atoms with E-state index < -0.39 is 12.0 Å². The fraction of sp³-hybridized carbons (Fsp3) is 0.273. The first-order valence-corrected chi connectivity index (χ1v) is 4.98. The topological polar surface area (TPSA) is 76.1 Å². The van der Waals surface area contributed by atoms with Gasteiger partial charge in [-0.25, -0.2) is 0 Å². The van der Waals surface area contributed by atoms with Crippen LogP contribution in [0.5, 0.6) is 0 Å². The quantitative estimate of drug-likeness (QED) is 0.805. The maximum absolute atomic E-state index is 11.1. The van der Waals surface area contributed by atoms with Gasteiger partial charge in [-0.05, 0) is 24.1 Å². The molecule has 0 saturated carbocycles. The van der Waals surface area contributed by atoms with Gasteiger partial charge in [0.1, 0.15) is 12.1 Å². The molecule has 84 valence electrons. The molecule has 0 spiro atoms. The molecule has 0 aliphatic rings. The van der Waals surface area contributed by atoms with E-state index in [1.54, 1.807) is 18.2 Å². The number of hydrogen-bond acceptors (Lipinski definition) is 4. The van der Waals surface area contributed by atoms with Gasteiger partial charge in [-0.3, -0.25) is 4.79 Å². The van der Waals surface area contributed by atoms with Gasteiger partial charge in [0.2, 0.25) is 0 Å². The number of ether oxygens (including phenoxy) is 1. The molecule has 0 aliphatic carbocycles. The molecule has 4 nitrogen and oxygen atoms in total. The number of rotatable bonds is 3. The molecule has 0 heterocycles. The summed E-state index contributed by atoms with van der Waals surface area (Å²) in [6, 6.07) is 6.19. The number of methoxy groups -OCH3 is 1. The zero-order valence-corrected chi connectivity index (χ0v) is 9.49. The molecule has 5 heteroatoms. The monoisotopic (exact) mass is 238 g/mol. The second kappa shape index (κ2) is 5.50. The Morgan fingerprint density at radius 3 is 2.94 bits per heavy atom. The second-order valence-corrected chi connectivity index (χ2v) is 3.67. The third-order valence-corrected chi connectivity index (χ3v) is 2.44. The molecule has 1 aromatic rings. The molecule has 2 N–H and O–H groups in total. The van der Waals surface area contributed by atoms with Crippen molar-refractivity contribution in [3.8, 4) is 6.07 Å². The highest BCUT2D eigenvalue weighted by Gasteiger charge is 2.14. The lowest BCUT2D eigenvalue weighted by atomic mass is 10.0.